The molecule has 1 aromatic carbocycles. The third-order valence-corrected chi connectivity index (χ3v) is 6.42. The van der Waals surface area contributed by atoms with Gasteiger partial charge in [0, 0.05) is 32.0 Å². The molecule has 1 saturated carbocycles. The van der Waals surface area contributed by atoms with E-state index in [4.69, 9.17) is 0 Å². The third-order valence-electron chi connectivity index (χ3n) is 6.42. The Morgan fingerprint density at radius 2 is 2.12 bits per heavy atom. The fourth-order valence-corrected chi connectivity index (χ4v) is 5.00. The highest BCUT2D eigenvalue weighted by atomic mass is 16.4. The molecule has 2 aromatic rings. The maximum Gasteiger partial charge on any atom is 0.311 e. The minimum Gasteiger partial charge on any atom is -0.481 e. The normalized spacial score (nSPS) is 28.8. The molecule has 0 unspecified atom stereocenters. The van der Waals surface area contributed by atoms with E-state index in [2.05, 4.69) is 38.7 Å². The number of benzene rings is 1. The number of aromatic nitrogens is 2. The van der Waals surface area contributed by atoms with E-state index in [9.17, 15) is 9.90 Å². The Labute approximate surface area is 154 Å². The van der Waals surface area contributed by atoms with E-state index < -0.39 is 11.4 Å². The molecular weight excluding hydrogens is 326 g/mol. The predicted octanol–water partition coefficient (Wildman–Crippen LogP) is 3.24. The van der Waals surface area contributed by atoms with Crippen LogP contribution in [0.25, 0.3) is 0 Å². The Morgan fingerprint density at radius 1 is 1.27 bits per heavy atom. The van der Waals surface area contributed by atoms with Crippen LogP contribution in [0, 0.1) is 11.3 Å². The van der Waals surface area contributed by atoms with Gasteiger partial charge in [0.25, 0.3) is 0 Å². The van der Waals surface area contributed by atoms with Crippen molar-refractivity contribution in [3.8, 4) is 0 Å². The van der Waals surface area contributed by atoms with Crippen molar-refractivity contribution in [1.29, 1.82) is 0 Å². The molecular formula is C21H27N3O2. The molecule has 0 spiro atoms. The van der Waals surface area contributed by atoms with Crippen molar-refractivity contribution in [3.05, 3.63) is 54.6 Å². The Kier molecular flexibility index (Phi) is 4.81. The molecule has 1 aliphatic heterocycles. The van der Waals surface area contributed by atoms with Crippen LogP contribution in [-0.4, -0.2) is 45.2 Å². The molecule has 0 radical (unpaired) electrons. The zero-order valence-electron chi connectivity index (χ0n) is 15.1. The molecule has 4 rings (SSSR count). The molecule has 26 heavy (non-hydrogen) atoms. The lowest BCUT2D eigenvalue weighted by atomic mass is 9.64. The third kappa shape index (κ3) is 3.28. The van der Waals surface area contributed by atoms with Crippen LogP contribution in [0.2, 0.25) is 0 Å². The van der Waals surface area contributed by atoms with Gasteiger partial charge in [-0.3, -0.25) is 4.79 Å². The Morgan fingerprint density at radius 3 is 2.85 bits per heavy atom. The van der Waals surface area contributed by atoms with Gasteiger partial charge < -0.3 is 14.6 Å². The van der Waals surface area contributed by atoms with Gasteiger partial charge in [0.15, 0.2) is 0 Å². The SMILES string of the molecule is O=C(O)[C@]12CC[C@H](c3ccccc3)C[C@H]1CN(CCCn1ccnc1)C2. The molecule has 2 fully saturated rings. The fraction of sp³-hybridized carbons (Fsp3) is 0.524. The molecule has 5 nitrogen and oxygen atoms in total. The molecule has 1 aromatic heterocycles. The first-order valence-corrected chi connectivity index (χ1v) is 9.64. The van der Waals surface area contributed by atoms with Crippen molar-refractivity contribution in [2.75, 3.05) is 19.6 Å². The van der Waals surface area contributed by atoms with Crippen molar-refractivity contribution in [2.24, 2.45) is 11.3 Å². The molecule has 3 atom stereocenters. The van der Waals surface area contributed by atoms with Crippen LogP contribution in [0.3, 0.4) is 0 Å². The van der Waals surface area contributed by atoms with Gasteiger partial charge in [-0.25, -0.2) is 4.98 Å². The van der Waals surface area contributed by atoms with Crippen molar-refractivity contribution >= 4 is 5.97 Å². The highest BCUT2D eigenvalue weighted by Crippen LogP contribution is 2.51. The first-order valence-electron chi connectivity index (χ1n) is 9.64. The van der Waals surface area contributed by atoms with E-state index in [1.807, 2.05) is 18.6 Å². The maximum atomic E-state index is 12.2. The molecule has 1 saturated heterocycles. The van der Waals surface area contributed by atoms with E-state index in [1.165, 1.54) is 5.56 Å². The number of aryl methyl sites for hydroxylation is 1. The van der Waals surface area contributed by atoms with Gasteiger partial charge in [-0.1, -0.05) is 30.3 Å². The van der Waals surface area contributed by atoms with Gasteiger partial charge in [0.1, 0.15) is 0 Å². The highest BCUT2D eigenvalue weighted by Gasteiger charge is 2.54. The second kappa shape index (κ2) is 7.23. The summed E-state index contributed by atoms with van der Waals surface area (Å²) < 4.78 is 2.08. The number of carbonyl (C=O) groups is 1. The molecule has 138 valence electrons. The van der Waals surface area contributed by atoms with Gasteiger partial charge in [-0.2, -0.15) is 0 Å². The van der Waals surface area contributed by atoms with Gasteiger partial charge in [0.2, 0.25) is 0 Å². The molecule has 1 N–H and O–H groups in total. The number of carboxylic acid groups (broad SMARTS) is 1. The zero-order valence-corrected chi connectivity index (χ0v) is 15.1. The van der Waals surface area contributed by atoms with Crippen molar-refractivity contribution < 1.29 is 9.90 Å². The molecule has 0 amide bonds. The first-order chi connectivity index (χ1) is 12.7. The summed E-state index contributed by atoms with van der Waals surface area (Å²) in [6.45, 7) is 3.52. The summed E-state index contributed by atoms with van der Waals surface area (Å²) in [5.74, 6) is 0.165. The molecule has 2 aliphatic rings. The number of hydrogen-bond acceptors (Lipinski definition) is 3. The van der Waals surface area contributed by atoms with E-state index in [-0.39, 0.29) is 5.92 Å². The number of nitrogens with zero attached hydrogens (tertiary/aromatic N) is 3. The fourth-order valence-electron chi connectivity index (χ4n) is 5.00. The van der Waals surface area contributed by atoms with E-state index in [1.54, 1.807) is 6.20 Å². The number of aliphatic carboxylic acids is 1. The summed E-state index contributed by atoms with van der Waals surface area (Å²) in [6, 6.07) is 10.6. The Bertz CT molecular complexity index is 731. The first kappa shape index (κ1) is 17.3. The number of likely N-dealkylation sites (tertiary alicyclic amines) is 1. The van der Waals surface area contributed by atoms with Gasteiger partial charge in [-0.05, 0) is 49.6 Å². The smallest absolute Gasteiger partial charge is 0.311 e. The summed E-state index contributed by atoms with van der Waals surface area (Å²) >= 11 is 0. The lowest BCUT2D eigenvalue weighted by molar-refractivity contribution is -0.152. The van der Waals surface area contributed by atoms with Crippen molar-refractivity contribution in [1.82, 2.24) is 14.5 Å². The van der Waals surface area contributed by atoms with Gasteiger partial charge >= 0.3 is 5.97 Å². The van der Waals surface area contributed by atoms with Gasteiger partial charge in [-0.15, -0.1) is 0 Å². The Balaban J connectivity index is 1.41. The molecule has 0 bridgehead atoms. The minimum absolute atomic E-state index is 0.257. The monoisotopic (exact) mass is 353 g/mol. The van der Waals surface area contributed by atoms with Crippen LogP contribution in [-0.2, 0) is 11.3 Å². The van der Waals surface area contributed by atoms with Crippen molar-refractivity contribution in [2.45, 2.75) is 38.1 Å². The van der Waals surface area contributed by atoms with Crippen LogP contribution < -0.4 is 0 Å². The number of carboxylic acids is 1. The lowest BCUT2D eigenvalue weighted by Gasteiger charge is -2.38. The van der Waals surface area contributed by atoms with Gasteiger partial charge in [0.05, 0.1) is 11.7 Å². The average Bonchev–Trinajstić information content (AvgIpc) is 3.29. The standard InChI is InChI=1S/C21H27N3O2/c25-20(26)21-8-7-18(17-5-2-1-3-6-17)13-19(21)14-24(15-21)11-4-10-23-12-9-22-16-23/h1-3,5-6,9,12,16,18-19H,4,7-8,10-11,13-15H2,(H,25,26)/t18-,19-,21-/m0/s1. The zero-order chi connectivity index (χ0) is 18.0. The largest absolute Gasteiger partial charge is 0.481 e. The lowest BCUT2D eigenvalue weighted by Crippen LogP contribution is -2.42. The number of rotatable bonds is 6. The van der Waals surface area contributed by atoms with Crippen molar-refractivity contribution in [3.63, 3.8) is 0 Å². The quantitative estimate of drug-likeness (QED) is 0.866. The summed E-state index contributed by atoms with van der Waals surface area (Å²) in [5, 5.41) is 10.0. The van der Waals surface area contributed by atoms with Crippen LogP contribution >= 0.6 is 0 Å². The minimum atomic E-state index is -0.592. The topological polar surface area (TPSA) is 58.4 Å². The average molecular weight is 353 g/mol. The highest BCUT2D eigenvalue weighted by molar-refractivity contribution is 5.76. The second-order valence-electron chi connectivity index (χ2n) is 7.93. The van der Waals surface area contributed by atoms with Crippen LogP contribution in [0.1, 0.15) is 37.2 Å². The summed E-state index contributed by atoms with van der Waals surface area (Å²) in [5.41, 5.74) is 0.824. The number of fused-ring (bicyclic) bond motifs is 1. The second-order valence-corrected chi connectivity index (χ2v) is 7.93. The molecule has 1 aliphatic carbocycles. The number of imidazole rings is 1. The van der Waals surface area contributed by atoms with E-state index in [0.29, 0.717) is 12.5 Å². The molecule has 5 heteroatoms. The summed E-state index contributed by atoms with van der Waals surface area (Å²) in [6.07, 6.45) is 9.42. The van der Waals surface area contributed by atoms with Crippen LogP contribution in [0.4, 0.5) is 0 Å². The Hall–Kier alpha value is -2.14. The summed E-state index contributed by atoms with van der Waals surface area (Å²) in [7, 11) is 0. The number of hydrogen-bond donors (Lipinski definition) is 1. The maximum absolute atomic E-state index is 12.2. The van der Waals surface area contributed by atoms with E-state index in [0.717, 1.165) is 45.3 Å². The summed E-state index contributed by atoms with van der Waals surface area (Å²) in [4.78, 5) is 18.6. The predicted molar refractivity (Wildman–Crippen MR) is 99.9 cm³/mol. The van der Waals surface area contributed by atoms with E-state index >= 15 is 0 Å². The van der Waals surface area contributed by atoms with Crippen LogP contribution in [0.5, 0.6) is 0 Å². The molecule has 2 heterocycles. The van der Waals surface area contributed by atoms with Crippen LogP contribution in [0.15, 0.2) is 49.1 Å².